The Morgan fingerprint density at radius 3 is 2.75 bits per heavy atom. The van der Waals surface area contributed by atoms with Crippen molar-refractivity contribution in [2.45, 2.75) is 26.4 Å². The molecule has 1 aromatic heterocycles. The number of aromatic nitrogens is 1. The predicted octanol–water partition coefficient (Wildman–Crippen LogP) is 1.72. The van der Waals surface area contributed by atoms with Crippen LogP contribution in [0.5, 0.6) is 0 Å². The first kappa shape index (κ1) is 15.9. The second-order valence-electron chi connectivity index (χ2n) is 4.71. The van der Waals surface area contributed by atoms with E-state index in [1.807, 2.05) is 20.8 Å². The third kappa shape index (κ3) is 4.85. The Hall–Kier alpha value is -2.15. The molecule has 0 bridgehead atoms. The van der Waals surface area contributed by atoms with E-state index in [4.69, 9.17) is 9.84 Å². The molecule has 3 N–H and O–H groups in total. The molecule has 0 saturated heterocycles. The van der Waals surface area contributed by atoms with Gasteiger partial charge in [0.05, 0.1) is 11.3 Å². The van der Waals surface area contributed by atoms with Crippen molar-refractivity contribution in [2.75, 3.05) is 18.5 Å². The van der Waals surface area contributed by atoms with Gasteiger partial charge in [0.15, 0.2) is 5.69 Å². The minimum Gasteiger partial charge on any atom is -0.476 e. The summed E-state index contributed by atoms with van der Waals surface area (Å²) in [5, 5.41) is 14.0. The molecule has 7 nitrogen and oxygen atoms in total. The Kier molecular flexibility index (Phi) is 5.45. The number of nitrogens with zero attached hydrogens (tertiary/aromatic N) is 1. The van der Waals surface area contributed by atoms with Gasteiger partial charge in [-0.25, -0.2) is 14.6 Å². The van der Waals surface area contributed by atoms with E-state index in [2.05, 4.69) is 15.6 Å². The monoisotopic (exact) mass is 281 g/mol. The van der Waals surface area contributed by atoms with Crippen molar-refractivity contribution >= 4 is 17.7 Å². The molecule has 0 spiro atoms. The zero-order valence-corrected chi connectivity index (χ0v) is 11.8. The Morgan fingerprint density at radius 2 is 2.15 bits per heavy atom. The van der Waals surface area contributed by atoms with Crippen LogP contribution in [0.4, 0.5) is 10.5 Å². The minimum absolute atomic E-state index is 0.145. The third-order valence-electron chi connectivity index (χ3n) is 2.47. The van der Waals surface area contributed by atoms with Crippen LogP contribution in [0.15, 0.2) is 18.3 Å². The van der Waals surface area contributed by atoms with Gasteiger partial charge < -0.3 is 20.5 Å². The highest BCUT2D eigenvalue weighted by Gasteiger charge is 2.19. The number of anilines is 1. The first-order valence-corrected chi connectivity index (χ1v) is 6.23. The Morgan fingerprint density at radius 1 is 1.45 bits per heavy atom. The molecule has 1 rings (SSSR count). The number of carbonyl (C=O) groups is 2. The van der Waals surface area contributed by atoms with Crippen LogP contribution in [-0.4, -0.2) is 40.8 Å². The molecule has 1 aromatic rings. The van der Waals surface area contributed by atoms with Gasteiger partial charge in [-0.1, -0.05) is 0 Å². The van der Waals surface area contributed by atoms with Crippen LogP contribution >= 0.6 is 0 Å². The molecule has 0 unspecified atom stereocenters. The highest BCUT2D eigenvalue weighted by molar-refractivity contribution is 5.98. The molecule has 0 saturated carbocycles. The smallest absolute Gasteiger partial charge is 0.356 e. The van der Waals surface area contributed by atoms with Crippen LogP contribution in [-0.2, 0) is 4.74 Å². The molecule has 0 radical (unpaired) electrons. The van der Waals surface area contributed by atoms with Crippen molar-refractivity contribution in [3.05, 3.63) is 24.0 Å². The molecule has 0 aliphatic carbocycles. The lowest BCUT2D eigenvalue weighted by Gasteiger charge is -2.24. The van der Waals surface area contributed by atoms with Crippen molar-refractivity contribution in [3.8, 4) is 0 Å². The van der Waals surface area contributed by atoms with E-state index in [-0.39, 0.29) is 11.4 Å². The van der Waals surface area contributed by atoms with Crippen molar-refractivity contribution in [2.24, 2.45) is 0 Å². The number of aromatic carboxylic acids is 1. The van der Waals surface area contributed by atoms with Gasteiger partial charge in [-0.15, -0.1) is 0 Å². The van der Waals surface area contributed by atoms with Crippen molar-refractivity contribution in [1.82, 2.24) is 10.3 Å². The normalized spacial score (nSPS) is 10.9. The van der Waals surface area contributed by atoms with E-state index < -0.39 is 17.6 Å². The predicted molar refractivity (Wildman–Crippen MR) is 73.9 cm³/mol. The average molecular weight is 281 g/mol. The Labute approximate surface area is 117 Å². The largest absolute Gasteiger partial charge is 0.476 e. The molecule has 0 fully saturated rings. The summed E-state index contributed by atoms with van der Waals surface area (Å²) in [5.74, 6) is -1.20. The number of hydrogen-bond acceptors (Lipinski definition) is 4. The molecule has 7 heteroatoms. The zero-order valence-electron chi connectivity index (χ0n) is 11.8. The molecule has 0 atom stereocenters. The number of hydrogen-bond donors (Lipinski definition) is 3. The fourth-order valence-corrected chi connectivity index (χ4v) is 1.58. The SMILES string of the molecule is CCOC(C)(C)CNC(=O)Nc1cccnc1C(=O)O. The van der Waals surface area contributed by atoms with Gasteiger partial charge in [-0.05, 0) is 32.9 Å². The quantitative estimate of drug-likeness (QED) is 0.737. The van der Waals surface area contributed by atoms with Crippen LogP contribution < -0.4 is 10.6 Å². The van der Waals surface area contributed by atoms with Crippen LogP contribution in [0, 0.1) is 0 Å². The zero-order chi connectivity index (χ0) is 15.2. The molecule has 2 amide bonds. The number of amides is 2. The first-order valence-electron chi connectivity index (χ1n) is 6.23. The second-order valence-corrected chi connectivity index (χ2v) is 4.71. The van der Waals surface area contributed by atoms with E-state index in [1.54, 1.807) is 6.07 Å². The van der Waals surface area contributed by atoms with Crippen LogP contribution in [0.25, 0.3) is 0 Å². The summed E-state index contributed by atoms with van der Waals surface area (Å²) in [7, 11) is 0. The first-order chi connectivity index (χ1) is 9.35. The summed E-state index contributed by atoms with van der Waals surface area (Å²) in [6.07, 6.45) is 1.35. The van der Waals surface area contributed by atoms with Crippen molar-refractivity contribution in [1.29, 1.82) is 0 Å². The van der Waals surface area contributed by atoms with Crippen molar-refractivity contribution < 1.29 is 19.4 Å². The third-order valence-corrected chi connectivity index (χ3v) is 2.47. The number of rotatable bonds is 6. The summed E-state index contributed by atoms with van der Waals surface area (Å²) < 4.78 is 5.44. The van der Waals surface area contributed by atoms with Crippen LogP contribution in [0.2, 0.25) is 0 Å². The lowest BCUT2D eigenvalue weighted by Crippen LogP contribution is -2.42. The topological polar surface area (TPSA) is 101 Å². The van der Waals surface area contributed by atoms with Gasteiger partial charge in [-0.3, -0.25) is 0 Å². The fraction of sp³-hybridized carbons (Fsp3) is 0.462. The summed E-state index contributed by atoms with van der Waals surface area (Å²) in [5.41, 5.74) is -0.546. The average Bonchev–Trinajstić information content (AvgIpc) is 2.37. The van der Waals surface area contributed by atoms with E-state index in [1.165, 1.54) is 12.3 Å². The van der Waals surface area contributed by atoms with E-state index in [0.29, 0.717) is 13.2 Å². The Bertz CT molecular complexity index is 488. The standard InChI is InChI=1S/C13H19N3O4/c1-4-20-13(2,3)8-15-12(19)16-9-6-5-7-14-10(9)11(17)18/h5-7H,4,8H2,1-3H3,(H,17,18)(H2,15,16,19). The number of ether oxygens (including phenoxy) is 1. The summed E-state index contributed by atoms with van der Waals surface area (Å²) >= 11 is 0. The number of carboxylic acids is 1. The number of pyridine rings is 1. The maximum atomic E-state index is 11.7. The maximum absolute atomic E-state index is 11.7. The molecule has 1 heterocycles. The summed E-state index contributed by atoms with van der Waals surface area (Å²) in [6.45, 7) is 6.42. The van der Waals surface area contributed by atoms with Crippen molar-refractivity contribution in [3.63, 3.8) is 0 Å². The van der Waals surface area contributed by atoms with E-state index in [9.17, 15) is 9.59 Å². The fourth-order valence-electron chi connectivity index (χ4n) is 1.58. The summed E-state index contributed by atoms with van der Waals surface area (Å²) in [4.78, 5) is 26.4. The van der Waals surface area contributed by atoms with Gasteiger partial charge in [0.2, 0.25) is 0 Å². The highest BCUT2D eigenvalue weighted by atomic mass is 16.5. The maximum Gasteiger partial charge on any atom is 0.356 e. The van der Waals surface area contributed by atoms with Crippen LogP contribution in [0.3, 0.4) is 0 Å². The van der Waals surface area contributed by atoms with Gasteiger partial charge in [0.25, 0.3) is 0 Å². The molecule has 0 aliphatic heterocycles. The highest BCUT2D eigenvalue weighted by Crippen LogP contribution is 2.12. The van der Waals surface area contributed by atoms with E-state index in [0.717, 1.165) is 0 Å². The van der Waals surface area contributed by atoms with Gasteiger partial charge in [-0.2, -0.15) is 0 Å². The minimum atomic E-state index is -1.20. The van der Waals surface area contributed by atoms with Gasteiger partial charge in [0, 0.05) is 19.3 Å². The number of carboxylic acid groups (broad SMARTS) is 1. The van der Waals surface area contributed by atoms with Crippen LogP contribution in [0.1, 0.15) is 31.3 Å². The Balaban J connectivity index is 2.61. The van der Waals surface area contributed by atoms with Gasteiger partial charge >= 0.3 is 12.0 Å². The lowest BCUT2D eigenvalue weighted by molar-refractivity contribution is -0.00663. The molecular weight excluding hydrogens is 262 g/mol. The summed E-state index contributed by atoms with van der Waals surface area (Å²) in [6, 6.07) is 2.52. The molecule has 20 heavy (non-hydrogen) atoms. The number of nitrogens with one attached hydrogen (secondary N) is 2. The lowest BCUT2D eigenvalue weighted by atomic mass is 10.1. The molecule has 0 aromatic carbocycles. The molecule has 0 aliphatic rings. The van der Waals surface area contributed by atoms with Gasteiger partial charge in [0.1, 0.15) is 0 Å². The molecular formula is C13H19N3O4. The number of urea groups is 1. The molecule has 110 valence electrons. The second kappa shape index (κ2) is 6.85. The van der Waals surface area contributed by atoms with E-state index >= 15 is 0 Å². The number of carbonyl (C=O) groups excluding carboxylic acids is 1.